The molecule has 1 rings (SSSR count). The number of rotatable bonds is 3. The lowest BCUT2D eigenvalue weighted by molar-refractivity contribution is -0.130. The standard InChI is InChI=1S/C14H18N2O/c1-10-5-6-11(2)13(7-10)8-14(17)16(4)12(3)9-15/h5-7,12H,8H2,1-4H3. The molecule has 0 fully saturated rings. The van der Waals surface area contributed by atoms with Gasteiger partial charge in [-0.15, -0.1) is 0 Å². The van der Waals surface area contributed by atoms with Crippen LogP contribution >= 0.6 is 0 Å². The molecule has 0 bridgehead atoms. The van der Waals surface area contributed by atoms with Crippen LogP contribution in [0, 0.1) is 25.2 Å². The highest BCUT2D eigenvalue weighted by Crippen LogP contribution is 2.12. The van der Waals surface area contributed by atoms with Crippen molar-refractivity contribution in [2.45, 2.75) is 33.2 Å². The Morgan fingerprint density at radius 2 is 2.12 bits per heavy atom. The Bertz CT molecular complexity index is 460. The minimum Gasteiger partial charge on any atom is -0.330 e. The van der Waals surface area contributed by atoms with Crippen molar-refractivity contribution < 1.29 is 4.79 Å². The van der Waals surface area contributed by atoms with Crippen molar-refractivity contribution >= 4 is 5.91 Å². The van der Waals surface area contributed by atoms with Gasteiger partial charge in [0.15, 0.2) is 0 Å². The van der Waals surface area contributed by atoms with Gasteiger partial charge in [0.1, 0.15) is 6.04 Å². The van der Waals surface area contributed by atoms with E-state index in [-0.39, 0.29) is 11.9 Å². The molecule has 3 nitrogen and oxygen atoms in total. The maximum atomic E-state index is 12.0. The first-order valence-corrected chi connectivity index (χ1v) is 5.67. The first-order chi connectivity index (χ1) is 7.95. The number of hydrogen-bond donors (Lipinski definition) is 0. The fourth-order valence-electron chi connectivity index (χ4n) is 1.58. The number of amides is 1. The summed E-state index contributed by atoms with van der Waals surface area (Å²) in [6, 6.07) is 7.76. The quantitative estimate of drug-likeness (QED) is 0.799. The van der Waals surface area contributed by atoms with Gasteiger partial charge in [-0.05, 0) is 31.9 Å². The lowest BCUT2D eigenvalue weighted by Crippen LogP contribution is -2.35. The van der Waals surface area contributed by atoms with Gasteiger partial charge in [0.2, 0.25) is 5.91 Å². The molecule has 0 radical (unpaired) electrons. The lowest BCUT2D eigenvalue weighted by Gasteiger charge is -2.20. The molecule has 0 saturated heterocycles. The molecule has 1 unspecified atom stereocenters. The van der Waals surface area contributed by atoms with E-state index in [0.29, 0.717) is 6.42 Å². The lowest BCUT2D eigenvalue weighted by atomic mass is 10.0. The average Bonchev–Trinajstić information content (AvgIpc) is 2.31. The zero-order valence-electron chi connectivity index (χ0n) is 10.8. The minimum atomic E-state index is -0.382. The number of benzene rings is 1. The molecule has 3 heteroatoms. The third-order valence-electron chi connectivity index (χ3n) is 3.01. The molecule has 1 amide bonds. The molecule has 0 heterocycles. The zero-order valence-corrected chi connectivity index (χ0v) is 10.8. The SMILES string of the molecule is Cc1ccc(C)c(CC(=O)N(C)C(C)C#N)c1. The summed E-state index contributed by atoms with van der Waals surface area (Å²) in [4.78, 5) is 13.4. The Hall–Kier alpha value is -1.82. The fraction of sp³-hybridized carbons (Fsp3) is 0.429. The van der Waals surface area contributed by atoms with E-state index >= 15 is 0 Å². The van der Waals surface area contributed by atoms with Crippen LogP contribution in [0.5, 0.6) is 0 Å². The molecule has 0 aromatic heterocycles. The van der Waals surface area contributed by atoms with Crippen molar-refractivity contribution in [1.29, 1.82) is 5.26 Å². The highest BCUT2D eigenvalue weighted by molar-refractivity contribution is 5.79. The summed E-state index contributed by atoms with van der Waals surface area (Å²) in [6.07, 6.45) is 0.357. The van der Waals surface area contributed by atoms with Crippen molar-refractivity contribution in [2.24, 2.45) is 0 Å². The second-order valence-electron chi connectivity index (χ2n) is 4.42. The summed E-state index contributed by atoms with van der Waals surface area (Å²) in [5.41, 5.74) is 3.29. The first kappa shape index (κ1) is 13.2. The van der Waals surface area contributed by atoms with E-state index in [1.165, 1.54) is 4.90 Å². The second kappa shape index (κ2) is 5.49. The van der Waals surface area contributed by atoms with Crippen molar-refractivity contribution in [1.82, 2.24) is 4.90 Å². The molecular formula is C14H18N2O. The largest absolute Gasteiger partial charge is 0.330 e. The zero-order chi connectivity index (χ0) is 13.0. The van der Waals surface area contributed by atoms with Gasteiger partial charge in [0, 0.05) is 7.05 Å². The number of likely N-dealkylation sites (N-methyl/N-ethyl adjacent to an activating group) is 1. The molecular weight excluding hydrogens is 212 g/mol. The van der Waals surface area contributed by atoms with E-state index in [1.54, 1.807) is 14.0 Å². The molecule has 1 atom stereocenters. The van der Waals surface area contributed by atoms with Crippen LogP contribution in [0.1, 0.15) is 23.6 Å². The van der Waals surface area contributed by atoms with Crippen LogP contribution < -0.4 is 0 Å². The van der Waals surface area contributed by atoms with Crippen molar-refractivity contribution in [3.63, 3.8) is 0 Å². The molecule has 0 spiro atoms. The molecule has 0 aliphatic rings. The maximum Gasteiger partial charge on any atom is 0.227 e. The van der Waals surface area contributed by atoms with Gasteiger partial charge in [-0.2, -0.15) is 5.26 Å². The van der Waals surface area contributed by atoms with Gasteiger partial charge in [0.25, 0.3) is 0 Å². The number of hydrogen-bond acceptors (Lipinski definition) is 2. The summed E-state index contributed by atoms with van der Waals surface area (Å²) in [6.45, 7) is 5.73. The van der Waals surface area contributed by atoms with E-state index < -0.39 is 0 Å². The normalized spacial score (nSPS) is 11.7. The summed E-state index contributed by atoms with van der Waals surface area (Å²) in [5.74, 6) is -0.0206. The van der Waals surface area contributed by atoms with Gasteiger partial charge in [0.05, 0.1) is 12.5 Å². The highest BCUT2D eigenvalue weighted by atomic mass is 16.2. The van der Waals surface area contributed by atoms with E-state index in [2.05, 4.69) is 6.07 Å². The Labute approximate surface area is 103 Å². The van der Waals surface area contributed by atoms with Crippen molar-refractivity contribution in [3.05, 3.63) is 34.9 Å². The van der Waals surface area contributed by atoms with Crippen LogP contribution in [0.4, 0.5) is 0 Å². The van der Waals surface area contributed by atoms with Gasteiger partial charge in [-0.25, -0.2) is 0 Å². The third-order valence-corrected chi connectivity index (χ3v) is 3.01. The number of nitrogens with zero attached hydrogens (tertiary/aromatic N) is 2. The second-order valence-corrected chi connectivity index (χ2v) is 4.42. The van der Waals surface area contributed by atoms with Gasteiger partial charge in [-0.3, -0.25) is 4.79 Å². The topological polar surface area (TPSA) is 44.1 Å². The summed E-state index contributed by atoms with van der Waals surface area (Å²) in [7, 11) is 1.67. The number of nitriles is 1. The van der Waals surface area contributed by atoms with Gasteiger partial charge >= 0.3 is 0 Å². The number of carbonyl (C=O) groups excluding carboxylic acids is 1. The minimum absolute atomic E-state index is 0.0206. The Morgan fingerprint density at radius 3 is 2.71 bits per heavy atom. The molecule has 0 aliphatic heterocycles. The van der Waals surface area contributed by atoms with E-state index in [1.807, 2.05) is 32.0 Å². The average molecular weight is 230 g/mol. The molecule has 17 heavy (non-hydrogen) atoms. The van der Waals surface area contributed by atoms with E-state index in [0.717, 1.165) is 16.7 Å². The van der Waals surface area contributed by atoms with Gasteiger partial charge < -0.3 is 4.90 Å². The number of carbonyl (C=O) groups is 1. The molecule has 0 saturated carbocycles. The van der Waals surface area contributed by atoms with E-state index in [9.17, 15) is 4.79 Å². The van der Waals surface area contributed by atoms with Crippen molar-refractivity contribution in [3.8, 4) is 6.07 Å². The molecule has 90 valence electrons. The third kappa shape index (κ3) is 3.32. The smallest absolute Gasteiger partial charge is 0.227 e. The van der Waals surface area contributed by atoms with Gasteiger partial charge in [-0.1, -0.05) is 23.8 Å². The number of aryl methyl sites for hydroxylation is 2. The first-order valence-electron chi connectivity index (χ1n) is 5.67. The molecule has 0 aliphatic carbocycles. The van der Waals surface area contributed by atoms with Crippen LogP contribution in [0.3, 0.4) is 0 Å². The monoisotopic (exact) mass is 230 g/mol. The Balaban J connectivity index is 2.82. The van der Waals surface area contributed by atoms with Crippen molar-refractivity contribution in [2.75, 3.05) is 7.05 Å². The van der Waals surface area contributed by atoms with Crippen LogP contribution in [-0.2, 0) is 11.2 Å². The predicted molar refractivity (Wildman–Crippen MR) is 67.5 cm³/mol. The van der Waals surface area contributed by atoms with Crippen LogP contribution in [0.25, 0.3) is 0 Å². The predicted octanol–water partition coefficient (Wildman–Crippen LogP) is 2.22. The van der Waals surface area contributed by atoms with Crippen LogP contribution in [0.2, 0.25) is 0 Å². The molecule has 0 N–H and O–H groups in total. The summed E-state index contributed by atoms with van der Waals surface area (Å²) >= 11 is 0. The van der Waals surface area contributed by atoms with Crippen LogP contribution in [-0.4, -0.2) is 23.9 Å². The Morgan fingerprint density at radius 1 is 1.47 bits per heavy atom. The highest BCUT2D eigenvalue weighted by Gasteiger charge is 2.16. The maximum absolute atomic E-state index is 12.0. The van der Waals surface area contributed by atoms with E-state index in [4.69, 9.17) is 5.26 Å². The Kier molecular flexibility index (Phi) is 4.28. The van der Waals surface area contributed by atoms with Crippen LogP contribution in [0.15, 0.2) is 18.2 Å². The molecule has 1 aromatic carbocycles. The summed E-state index contributed by atoms with van der Waals surface area (Å²) < 4.78 is 0. The molecule has 1 aromatic rings. The summed E-state index contributed by atoms with van der Waals surface area (Å²) in [5, 5.41) is 8.77. The fourth-order valence-corrected chi connectivity index (χ4v) is 1.58.